The van der Waals surface area contributed by atoms with Crippen molar-refractivity contribution in [2.45, 2.75) is 13.5 Å². The maximum atomic E-state index is 5.69. The third-order valence-electron chi connectivity index (χ3n) is 2.24. The average molecular weight is 335 g/mol. The van der Waals surface area contributed by atoms with Crippen LogP contribution in [0.3, 0.4) is 0 Å². The van der Waals surface area contributed by atoms with Crippen LogP contribution in [-0.2, 0) is 6.54 Å². The highest BCUT2D eigenvalue weighted by Crippen LogP contribution is 2.37. The first kappa shape index (κ1) is 15.3. The van der Waals surface area contributed by atoms with Crippen LogP contribution in [0.4, 0.5) is 0 Å². The van der Waals surface area contributed by atoms with E-state index in [1.807, 2.05) is 12.1 Å². The molecule has 0 aliphatic carbocycles. The summed E-state index contributed by atoms with van der Waals surface area (Å²) < 4.78 is 11.7. The summed E-state index contributed by atoms with van der Waals surface area (Å²) >= 11 is 9.17. The lowest BCUT2D eigenvalue weighted by atomic mass is 10.2. The first-order valence-corrected chi connectivity index (χ1v) is 6.78. The molecule has 0 atom stereocenters. The molecule has 0 heterocycles. The number of methoxy groups -OCH3 is 1. The van der Waals surface area contributed by atoms with Gasteiger partial charge in [0.25, 0.3) is 0 Å². The first-order chi connectivity index (χ1) is 8.58. The topological polar surface area (TPSA) is 30.5 Å². The quantitative estimate of drug-likeness (QED) is 0.825. The smallest absolute Gasteiger partial charge is 0.175 e. The fourth-order valence-electron chi connectivity index (χ4n) is 1.44. The van der Waals surface area contributed by atoms with Crippen LogP contribution in [0.25, 0.3) is 0 Å². The summed E-state index contributed by atoms with van der Waals surface area (Å²) in [6, 6.07) is 3.94. The number of ether oxygens (including phenoxy) is 2. The third-order valence-corrected chi connectivity index (χ3v) is 2.94. The average Bonchev–Trinajstić information content (AvgIpc) is 2.34. The van der Waals surface area contributed by atoms with E-state index in [4.69, 9.17) is 21.1 Å². The Morgan fingerprint density at radius 2 is 2.22 bits per heavy atom. The van der Waals surface area contributed by atoms with E-state index in [1.54, 1.807) is 7.11 Å². The third kappa shape index (κ3) is 4.52. The van der Waals surface area contributed by atoms with Crippen molar-refractivity contribution in [2.75, 3.05) is 20.3 Å². The highest BCUT2D eigenvalue weighted by atomic mass is 79.9. The zero-order valence-electron chi connectivity index (χ0n) is 10.6. The minimum absolute atomic E-state index is 0.253. The Balaban J connectivity index is 2.92. The van der Waals surface area contributed by atoms with Crippen molar-refractivity contribution in [3.8, 4) is 11.5 Å². The number of rotatable bonds is 7. The molecule has 0 aromatic heterocycles. The van der Waals surface area contributed by atoms with Crippen LogP contribution >= 0.6 is 27.5 Å². The molecule has 0 aliphatic heterocycles. The molecule has 18 heavy (non-hydrogen) atoms. The van der Waals surface area contributed by atoms with Gasteiger partial charge in [-0.15, -0.1) is 0 Å². The van der Waals surface area contributed by atoms with Crippen molar-refractivity contribution in [2.24, 2.45) is 0 Å². The molecule has 0 aliphatic rings. The summed E-state index contributed by atoms with van der Waals surface area (Å²) in [6.07, 6.45) is 0. The predicted octanol–water partition coefficient (Wildman–Crippen LogP) is 3.70. The van der Waals surface area contributed by atoms with E-state index in [-0.39, 0.29) is 6.61 Å². The lowest BCUT2D eigenvalue weighted by molar-refractivity contribution is 0.322. The van der Waals surface area contributed by atoms with Crippen LogP contribution in [-0.4, -0.2) is 20.3 Å². The molecule has 1 aromatic rings. The Labute approximate surface area is 121 Å². The van der Waals surface area contributed by atoms with Crippen LogP contribution in [0.5, 0.6) is 11.5 Å². The van der Waals surface area contributed by atoms with Gasteiger partial charge in [0.2, 0.25) is 0 Å². The first-order valence-electron chi connectivity index (χ1n) is 5.61. The van der Waals surface area contributed by atoms with E-state index in [0.29, 0.717) is 16.5 Å². The summed E-state index contributed by atoms with van der Waals surface area (Å²) in [5, 5.41) is 3.71. The van der Waals surface area contributed by atoms with Gasteiger partial charge in [-0.3, -0.25) is 0 Å². The standard InChI is InChI=1S/C13H17BrClNO2/c1-4-16-7-10-5-11(14)13(12(6-10)17-3)18-8-9(2)15/h5-6,16H,2,4,7-8H2,1,3H3. The zero-order chi connectivity index (χ0) is 13.5. The summed E-state index contributed by atoms with van der Waals surface area (Å²) in [5.74, 6) is 1.31. The Morgan fingerprint density at radius 1 is 1.50 bits per heavy atom. The molecule has 0 unspecified atom stereocenters. The van der Waals surface area contributed by atoms with Gasteiger partial charge in [0.05, 0.1) is 11.6 Å². The monoisotopic (exact) mass is 333 g/mol. The Bertz CT molecular complexity index is 424. The van der Waals surface area contributed by atoms with Crippen LogP contribution in [0.2, 0.25) is 0 Å². The number of hydrogen-bond acceptors (Lipinski definition) is 3. The number of nitrogens with one attached hydrogen (secondary N) is 1. The summed E-state index contributed by atoms with van der Waals surface area (Å²) in [5.41, 5.74) is 1.12. The Kier molecular flexibility index (Phi) is 6.54. The minimum Gasteiger partial charge on any atom is -0.493 e. The van der Waals surface area contributed by atoms with Gasteiger partial charge in [0.15, 0.2) is 11.5 Å². The molecule has 3 nitrogen and oxygen atoms in total. The van der Waals surface area contributed by atoms with E-state index >= 15 is 0 Å². The van der Waals surface area contributed by atoms with Gasteiger partial charge < -0.3 is 14.8 Å². The molecular formula is C13H17BrClNO2. The Morgan fingerprint density at radius 3 is 2.78 bits per heavy atom. The summed E-state index contributed by atoms with van der Waals surface area (Å²) in [6.45, 7) is 7.61. The molecule has 5 heteroatoms. The number of benzene rings is 1. The second-order valence-electron chi connectivity index (χ2n) is 3.70. The van der Waals surface area contributed by atoms with Gasteiger partial charge in [0.1, 0.15) is 6.61 Å². The molecule has 1 rings (SSSR count). The fourth-order valence-corrected chi connectivity index (χ4v) is 2.09. The SMILES string of the molecule is C=C(Cl)COc1c(Br)cc(CNCC)cc1OC. The van der Waals surface area contributed by atoms with Crippen molar-refractivity contribution in [3.63, 3.8) is 0 Å². The molecule has 1 aromatic carbocycles. The van der Waals surface area contributed by atoms with E-state index in [9.17, 15) is 0 Å². The fraction of sp³-hybridized carbons (Fsp3) is 0.385. The van der Waals surface area contributed by atoms with Gasteiger partial charge >= 0.3 is 0 Å². The molecule has 0 saturated heterocycles. The van der Waals surface area contributed by atoms with Crippen molar-refractivity contribution in [1.82, 2.24) is 5.32 Å². The molecule has 100 valence electrons. The van der Waals surface area contributed by atoms with Gasteiger partial charge in [-0.05, 0) is 40.2 Å². The maximum absolute atomic E-state index is 5.69. The van der Waals surface area contributed by atoms with Crippen LogP contribution in [0.1, 0.15) is 12.5 Å². The molecule has 0 amide bonds. The van der Waals surface area contributed by atoms with Crippen LogP contribution < -0.4 is 14.8 Å². The van der Waals surface area contributed by atoms with Gasteiger partial charge in [-0.2, -0.15) is 0 Å². The van der Waals surface area contributed by atoms with Crippen molar-refractivity contribution in [1.29, 1.82) is 0 Å². The molecular weight excluding hydrogens is 318 g/mol. The molecule has 1 N–H and O–H groups in total. The molecule has 0 spiro atoms. The molecule has 0 saturated carbocycles. The van der Waals surface area contributed by atoms with Crippen LogP contribution in [0.15, 0.2) is 28.2 Å². The highest BCUT2D eigenvalue weighted by Gasteiger charge is 2.11. The predicted molar refractivity (Wildman–Crippen MR) is 78.6 cm³/mol. The van der Waals surface area contributed by atoms with E-state index in [2.05, 4.69) is 34.7 Å². The highest BCUT2D eigenvalue weighted by molar-refractivity contribution is 9.10. The summed E-state index contributed by atoms with van der Waals surface area (Å²) in [7, 11) is 1.61. The summed E-state index contributed by atoms with van der Waals surface area (Å²) in [4.78, 5) is 0. The van der Waals surface area contributed by atoms with Gasteiger partial charge in [0, 0.05) is 11.6 Å². The Hall–Kier alpha value is -0.710. The lowest BCUT2D eigenvalue weighted by Crippen LogP contribution is -2.12. The lowest BCUT2D eigenvalue weighted by Gasteiger charge is -2.14. The van der Waals surface area contributed by atoms with E-state index < -0.39 is 0 Å². The molecule has 0 fully saturated rings. The van der Waals surface area contributed by atoms with E-state index in [0.717, 1.165) is 23.1 Å². The van der Waals surface area contributed by atoms with Gasteiger partial charge in [-0.25, -0.2) is 0 Å². The number of halogens is 2. The molecule has 0 bridgehead atoms. The number of hydrogen-bond donors (Lipinski definition) is 1. The zero-order valence-corrected chi connectivity index (χ0v) is 12.9. The maximum Gasteiger partial charge on any atom is 0.175 e. The van der Waals surface area contributed by atoms with Crippen molar-refractivity contribution < 1.29 is 9.47 Å². The normalized spacial score (nSPS) is 10.2. The van der Waals surface area contributed by atoms with E-state index in [1.165, 1.54) is 0 Å². The molecule has 0 radical (unpaired) electrons. The van der Waals surface area contributed by atoms with Crippen molar-refractivity contribution >= 4 is 27.5 Å². The van der Waals surface area contributed by atoms with Gasteiger partial charge in [-0.1, -0.05) is 25.1 Å². The minimum atomic E-state index is 0.253. The largest absolute Gasteiger partial charge is 0.493 e. The van der Waals surface area contributed by atoms with Crippen molar-refractivity contribution in [3.05, 3.63) is 33.8 Å². The van der Waals surface area contributed by atoms with Crippen LogP contribution in [0, 0.1) is 0 Å². The second-order valence-corrected chi connectivity index (χ2v) is 5.08. The second kappa shape index (κ2) is 7.67.